The van der Waals surface area contributed by atoms with E-state index in [4.69, 9.17) is 4.74 Å². The molecule has 0 unspecified atom stereocenters. The lowest BCUT2D eigenvalue weighted by molar-refractivity contribution is 0.0946. The maximum atomic E-state index is 13.6. The average Bonchev–Trinajstić information content (AvgIpc) is 2.95. The van der Waals surface area contributed by atoms with Crippen molar-refractivity contribution in [2.24, 2.45) is 0 Å². The number of aryl methyl sites for hydroxylation is 1. The molecule has 2 aromatic rings. The summed E-state index contributed by atoms with van der Waals surface area (Å²) in [4.78, 5) is 12.4. The Hall–Kier alpha value is -2.44. The summed E-state index contributed by atoms with van der Waals surface area (Å²) in [7, 11) is 0. The fourth-order valence-electron chi connectivity index (χ4n) is 2.17. The molecular weight excluding hydrogens is 316 g/mol. The second kappa shape index (κ2) is 8.42. The van der Waals surface area contributed by atoms with E-state index < -0.39 is 17.5 Å². The van der Waals surface area contributed by atoms with Crippen LogP contribution >= 0.6 is 0 Å². The fraction of sp³-hybridized carbons (Fsp3) is 0.412. The highest BCUT2D eigenvalue weighted by Crippen LogP contribution is 2.18. The van der Waals surface area contributed by atoms with Crippen molar-refractivity contribution in [2.75, 3.05) is 6.61 Å². The lowest BCUT2D eigenvalue weighted by Crippen LogP contribution is -2.24. The van der Waals surface area contributed by atoms with Crippen LogP contribution in [0.4, 0.5) is 8.78 Å². The second-order valence-corrected chi connectivity index (χ2v) is 5.34. The van der Waals surface area contributed by atoms with Gasteiger partial charge in [0.1, 0.15) is 17.2 Å². The van der Waals surface area contributed by atoms with Crippen LogP contribution in [0, 0.1) is 11.6 Å². The predicted molar refractivity (Wildman–Crippen MR) is 85.8 cm³/mol. The second-order valence-electron chi connectivity index (χ2n) is 5.34. The zero-order valence-corrected chi connectivity index (χ0v) is 13.8. The molecule has 0 spiro atoms. The largest absolute Gasteiger partial charge is 0.476 e. The maximum absolute atomic E-state index is 13.6. The summed E-state index contributed by atoms with van der Waals surface area (Å²) in [5.74, 6) is -1.64. The summed E-state index contributed by atoms with van der Waals surface area (Å²) in [5.41, 5.74) is 0.0801. The van der Waals surface area contributed by atoms with Crippen molar-refractivity contribution in [3.8, 4) is 5.88 Å². The number of amides is 1. The summed E-state index contributed by atoms with van der Waals surface area (Å²) in [6, 6.07) is 3.58. The monoisotopic (exact) mass is 337 g/mol. The Labute approximate surface area is 139 Å². The van der Waals surface area contributed by atoms with Crippen LogP contribution in [-0.2, 0) is 13.1 Å². The SMILES string of the molecule is CCCOc1nn(CCC)cc1C(=O)NCc1c(F)cccc1F. The summed E-state index contributed by atoms with van der Waals surface area (Å²) in [5, 5.41) is 6.75. The molecule has 7 heteroatoms. The van der Waals surface area contributed by atoms with Crippen LogP contribution in [0.15, 0.2) is 24.4 Å². The topological polar surface area (TPSA) is 56.2 Å². The van der Waals surface area contributed by atoms with Gasteiger partial charge in [0, 0.05) is 24.8 Å². The van der Waals surface area contributed by atoms with Crippen molar-refractivity contribution in [2.45, 2.75) is 39.8 Å². The third-order valence-corrected chi connectivity index (χ3v) is 3.36. The van der Waals surface area contributed by atoms with Gasteiger partial charge in [-0.05, 0) is 25.0 Å². The fourth-order valence-corrected chi connectivity index (χ4v) is 2.17. The molecule has 1 aromatic carbocycles. The molecule has 24 heavy (non-hydrogen) atoms. The molecule has 0 atom stereocenters. The number of hydrogen-bond acceptors (Lipinski definition) is 3. The number of carbonyl (C=O) groups excluding carboxylic acids is 1. The predicted octanol–water partition coefficient (Wildman–Crippen LogP) is 3.29. The number of aromatic nitrogens is 2. The molecule has 1 N–H and O–H groups in total. The summed E-state index contributed by atoms with van der Waals surface area (Å²) in [6.07, 6.45) is 3.22. The number of carbonyl (C=O) groups is 1. The molecular formula is C17H21F2N3O2. The number of benzene rings is 1. The number of halogens is 2. The van der Waals surface area contributed by atoms with Gasteiger partial charge in [-0.2, -0.15) is 0 Å². The third-order valence-electron chi connectivity index (χ3n) is 3.36. The van der Waals surface area contributed by atoms with E-state index in [0.29, 0.717) is 13.2 Å². The highest BCUT2D eigenvalue weighted by atomic mass is 19.1. The smallest absolute Gasteiger partial charge is 0.258 e. The summed E-state index contributed by atoms with van der Waals surface area (Å²) < 4.78 is 34.4. The number of ether oxygens (including phenoxy) is 1. The van der Waals surface area contributed by atoms with Gasteiger partial charge in [0.05, 0.1) is 6.61 Å². The van der Waals surface area contributed by atoms with Gasteiger partial charge in [0.2, 0.25) is 5.88 Å². The number of nitrogens with one attached hydrogen (secondary N) is 1. The molecule has 0 radical (unpaired) electrons. The van der Waals surface area contributed by atoms with E-state index in [9.17, 15) is 13.6 Å². The molecule has 0 aliphatic heterocycles. The molecule has 5 nitrogen and oxygen atoms in total. The molecule has 0 saturated carbocycles. The van der Waals surface area contributed by atoms with E-state index in [1.54, 1.807) is 10.9 Å². The van der Waals surface area contributed by atoms with E-state index in [2.05, 4.69) is 10.4 Å². The lowest BCUT2D eigenvalue weighted by Gasteiger charge is -2.07. The van der Waals surface area contributed by atoms with Crippen LogP contribution in [0.5, 0.6) is 5.88 Å². The molecule has 0 saturated heterocycles. The van der Waals surface area contributed by atoms with Gasteiger partial charge in [-0.1, -0.05) is 19.9 Å². The van der Waals surface area contributed by atoms with Crippen LogP contribution in [0.3, 0.4) is 0 Å². The van der Waals surface area contributed by atoms with E-state index in [-0.39, 0.29) is 23.6 Å². The van der Waals surface area contributed by atoms with Crippen LogP contribution in [0.1, 0.15) is 42.6 Å². The van der Waals surface area contributed by atoms with Crippen LogP contribution in [0.2, 0.25) is 0 Å². The van der Waals surface area contributed by atoms with Crippen LogP contribution in [0.25, 0.3) is 0 Å². The lowest BCUT2D eigenvalue weighted by atomic mass is 10.2. The van der Waals surface area contributed by atoms with Crippen molar-refractivity contribution >= 4 is 5.91 Å². The first-order valence-corrected chi connectivity index (χ1v) is 7.98. The van der Waals surface area contributed by atoms with Crippen molar-refractivity contribution in [1.29, 1.82) is 0 Å². The minimum Gasteiger partial charge on any atom is -0.476 e. The Morgan fingerprint density at radius 2 is 1.96 bits per heavy atom. The van der Waals surface area contributed by atoms with Gasteiger partial charge in [-0.25, -0.2) is 8.78 Å². The molecule has 130 valence electrons. The minimum absolute atomic E-state index is 0.178. The van der Waals surface area contributed by atoms with E-state index in [1.165, 1.54) is 6.07 Å². The Balaban J connectivity index is 2.13. The minimum atomic E-state index is -0.695. The summed E-state index contributed by atoms with van der Waals surface area (Å²) >= 11 is 0. The van der Waals surface area contributed by atoms with Crippen LogP contribution in [-0.4, -0.2) is 22.3 Å². The van der Waals surface area contributed by atoms with Crippen molar-refractivity contribution in [3.05, 3.63) is 47.2 Å². The Morgan fingerprint density at radius 1 is 1.25 bits per heavy atom. The van der Waals surface area contributed by atoms with Crippen LogP contribution < -0.4 is 10.1 Å². The molecule has 1 aromatic heterocycles. The highest BCUT2D eigenvalue weighted by Gasteiger charge is 2.18. The standard InChI is InChI=1S/C17H21F2N3O2/c1-3-8-22-11-13(17(21-22)24-9-4-2)16(23)20-10-12-14(18)6-5-7-15(12)19/h5-7,11H,3-4,8-10H2,1-2H3,(H,20,23). The van der Waals surface area contributed by atoms with Gasteiger partial charge in [0.25, 0.3) is 5.91 Å². The Kier molecular flexibility index (Phi) is 6.28. The van der Waals surface area contributed by atoms with Gasteiger partial charge in [-0.15, -0.1) is 5.10 Å². The Bertz CT molecular complexity index is 681. The number of rotatable bonds is 8. The van der Waals surface area contributed by atoms with Gasteiger partial charge >= 0.3 is 0 Å². The van der Waals surface area contributed by atoms with Crippen molar-refractivity contribution in [1.82, 2.24) is 15.1 Å². The molecule has 2 rings (SSSR count). The van der Waals surface area contributed by atoms with Crippen molar-refractivity contribution < 1.29 is 18.3 Å². The van der Waals surface area contributed by atoms with E-state index >= 15 is 0 Å². The normalized spacial score (nSPS) is 10.7. The highest BCUT2D eigenvalue weighted by molar-refractivity contribution is 5.96. The Morgan fingerprint density at radius 3 is 2.58 bits per heavy atom. The van der Waals surface area contributed by atoms with Crippen molar-refractivity contribution in [3.63, 3.8) is 0 Å². The molecule has 1 heterocycles. The van der Waals surface area contributed by atoms with E-state index in [1.807, 2.05) is 13.8 Å². The zero-order valence-electron chi connectivity index (χ0n) is 13.8. The third kappa shape index (κ3) is 4.31. The average molecular weight is 337 g/mol. The van der Waals surface area contributed by atoms with Gasteiger partial charge < -0.3 is 10.1 Å². The molecule has 0 bridgehead atoms. The molecule has 0 aliphatic carbocycles. The zero-order chi connectivity index (χ0) is 17.5. The maximum Gasteiger partial charge on any atom is 0.258 e. The van der Waals surface area contributed by atoms with Gasteiger partial charge in [0.15, 0.2) is 0 Å². The first-order valence-electron chi connectivity index (χ1n) is 7.98. The molecule has 0 fully saturated rings. The quantitative estimate of drug-likeness (QED) is 0.804. The molecule has 0 aliphatic rings. The van der Waals surface area contributed by atoms with Gasteiger partial charge in [-0.3, -0.25) is 9.48 Å². The molecule has 1 amide bonds. The number of hydrogen-bond donors (Lipinski definition) is 1. The van der Waals surface area contributed by atoms with E-state index in [0.717, 1.165) is 25.0 Å². The summed E-state index contributed by atoms with van der Waals surface area (Å²) in [6.45, 7) is 4.78. The number of nitrogens with zero attached hydrogens (tertiary/aromatic N) is 2. The first-order chi connectivity index (χ1) is 11.6. The first kappa shape index (κ1) is 17.9.